The third kappa shape index (κ3) is 2.37. The summed E-state index contributed by atoms with van der Waals surface area (Å²) in [6.07, 6.45) is 3.93. The molecule has 3 rings (SSSR count). The lowest BCUT2D eigenvalue weighted by molar-refractivity contribution is -0.135. The van der Waals surface area contributed by atoms with E-state index in [-0.39, 0.29) is 17.4 Å². The van der Waals surface area contributed by atoms with Crippen molar-refractivity contribution >= 4 is 17.5 Å². The lowest BCUT2D eigenvalue weighted by Gasteiger charge is -2.33. The van der Waals surface area contributed by atoms with Crippen LogP contribution in [0.15, 0.2) is 24.3 Å². The van der Waals surface area contributed by atoms with Crippen molar-refractivity contribution in [3.05, 3.63) is 34.9 Å². The van der Waals surface area contributed by atoms with E-state index in [0.29, 0.717) is 11.6 Å². The molecule has 1 aliphatic heterocycles. The van der Waals surface area contributed by atoms with E-state index in [2.05, 4.69) is 0 Å². The third-order valence-corrected chi connectivity index (χ3v) is 4.55. The predicted octanol–water partition coefficient (Wildman–Crippen LogP) is 2.32. The fourth-order valence-electron chi connectivity index (χ4n) is 3.02. The molecule has 0 radical (unpaired) electrons. The normalized spacial score (nSPS) is 25.2. The predicted molar refractivity (Wildman–Crippen MR) is 76.2 cm³/mol. The number of likely N-dealkylation sites (tertiary alicyclic amines) is 1. The minimum Gasteiger partial charge on any atom is -0.340 e. The van der Waals surface area contributed by atoms with Crippen molar-refractivity contribution in [2.45, 2.75) is 37.1 Å². The van der Waals surface area contributed by atoms with Gasteiger partial charge in [0, 0.05) is 24.2 Å². The van der Waals surface area contributed by atoms with Gasteiger partial charge in [0.2, 0.25) is 5.91 Å². The maximum absolute atomic E-state index is 12.8. The van der Waals surface area contributed by atoms with Crippen LogP contribution in [0.4, 0.5) is 0 Å². The van der Waals surface area contributed by atoms with Crippen molar-refractivity contribution in [1.29, 1.82) is 0 Å². The van der Waals surface area contributed by atoms with E-state index >= 15 is 0 Å². The number of carbonyl (C=O) groups excluding carboxylic acids is 1. The molecule has 1 saturated carbocycles. The minimum absolute atomic E-state index is 0.138. The number of nitrogens with two attached hydrogens (primary N) is 1. The average molecular weight is 279 g/mol. The number of hydrogen-bond donors (Lipinski definition) is 1. The fraction of sp³-hybridized carbons (Fsp3) is 0.533. The van der Waals surface area contributed by atoms with Gasteiger partial charge in [0.05, 0.1) is 5.41 Å². The number of halogens is 1. The molecule has 1 aromatic rings. The molecule has 1 saturated heterocycles. The van der Waals surface area contributed by atoms with E-state index in [1.807, 2.05) is 29.2 Å². The molecule has 1 aromatic carbocycles. The van der Waals surface area contributed by atoms with Crippen molar-refractivity contribution in [3.8, 4) is 0 Å². The molecule has 1 amide bonds. The summed E-state index contributed by atoms with van der Waals surface area (Å²) in [4.78, 5) is 14.7. The van der Waals surface area contributed by atoms with Gasteiger partial charge >= 0.3 is 0 Å². The summed E-state index contributed by atoms with van der Waals surface area (Å²) in [6.45, 7) is 1.55. The van der Waals surface area contributed by atoms with Crippen LogP contribution >= 0.6 is 11.6 Å². The first-order valence-electron chi connectivity index (χ1n) is 6.93. The molecule has 3 nitrogen and oxygen atoms in total. The van der Waals surface area contributed by atoms with E-state index in [4.69, 9.17) is 17.3 Å². The molecule has 2 N–H and O–H groups in total. The second-order valence-electron chi connectivity index (χ2n) is 5.74. The van der Waals surface area contributed by atoms with Crippen molar-refractivity contribution < 1.29 is 4.79 Å². The highest BCUT2D eigenvalue weighted by Crippen LogP contribution is 2.50. The highest BCUT2D eigenvalue weighted by molar-refractivity contribution is 6.30. The molecule has 2 aliphatic rings. The molecular formula is C15H19ClN2O. The first-order valence-corrected chi connectivity index (χ1v) is 7.31. The van der Waals surface area contributed by atoms with Crippen LogP contribution in [0.2, 0.25) is 5.02 Å². The molecular weight excluding hydrogens is 260 g/mol. The van der Waals surface area contributed by atoms with E-state index in [1.54, 1.807) is 0 Å². The van der Waals surface area contributed by atoms with Crippen LogP contribution in [0.1, 0.15) is 31.2 Å². The Kier molecular flexibility index (Phi) is 3.27. The number of piperidine rings is 1. The van der Waals surface area contributed by atoms with Crippen LogP contribution in [-0.2, 0) is 10.2 Å². The summed E-state index contributed by atoms with van der Waals surface area (Å²) in [5.41, 5.74) is 6.78. The van der Waals surface area contributed by atoms with E-state index in [9.17, 15) is 4.79 Å². The largest absolute Gasteiger partial charge is 0.340 e. The van der Waals surface area contributed by atoms with Gasteiger partial charge in [-0.2, -0.15) is 0 Å². The van der Waals surface area contributed by atoms with Crippen molar-refractivity contribution in [1.82, 2.24) is 4.90 Å². The summed E-state index contributed by atoms with van der Waals surface area (Å²) in [5.74, 6) is 0.255. The monoisotopic (exact) mass is 278 g/mol. The van der Waals surface area contributed by atoms with E-state index < -0.39 is 0 Å². The fourth-order valence-corrected chi connectivity index (χ4v) is 3.14. The molecule has 0 bridgehead atoms. The Morgan fingerprint density at radius 1 is 1.32 bits per heavy atom. The van der Waals surface area contributed by atoms with E-state index in [1.165, 1.54) is 0 Å². The van der Waals surface area contributed by atoms with Crippen LogP contribution < -0.4 is 5.73 Å². The van der Waals surface area contributed by atoms with Gasteiger partial charge in [0.1, 0.15) is 0 Å². The summed E-state index contributed by atoms with van der Waals surface area (Å²) in [5, 5.41) is 0.715. The van der Waals surface area contributed by atoms with Crippen LogP contribution in [0.5, 0.6) is 0 Å². The maximum atomic E-state index is 12.8. The number of benzene rings is 1. The number of nitrogens with zero attached hydrogens (tertiary/aromatic N) is 1. The minimum atomic E-state index is -0.290. The lowest BCUT2D eigenvalue weighted by Crippen LogP contribution is -2.49. The number of rotatable bonds is 2. The Hall–Kier alpha value is -1.06. The van der Waals surface area contributed by atoms with Gasteiger partial charge in [-0.25, -0.2) is 0 Å². The van der Waals surface area contributed by atoms with Crippen LogP contribution in [-0.4, -0.2) is 29.9 Å². The Morgan fingerprint density at radius 3 is 2.58 bits per heavy atom. The first kappa shape index (κ1) is 12.9. The standard InChI is InChI=1S/C15H19ClN2O/c16-12-5-3-11(4-6-12)15(7-8-15)14(19)18-9-1-2-13(17)10-18/h3-6,13H,1-2,7-10,17H2. The molecule has 4 heteroatoms. The Balaban J connectivity index is 1.80. The van der Waals surface area contributed by atoms with Gasteiger partial charge in [0.15, 0.2) is 0 Å². The van der Waals surface area contributed by atoms with Crippen LogP contribution in [0.25, 0.3) is 0 Å². The van der Waals surface area contributed by atoms with Gasteiger partial charge in [-0.05, 0) is 43.4 Å². The lowest BCUT2D eigenvalue weighted by atomic mass is 9.93. The molecule has 0 aromatic heterocycles. The molecule has 102 valence electrons. The zero-order valence-electron chi connectivity index (χ0n) is 10.9. The van der Waals surface area contributed by atoms with Gasteiger partial charge < -0.3 is 10.6 Å². The number of hydrogen-bond acceptors (Lipinski definition) is 2. The molecule has 1 atom stereocenters. The third-order valence-electron chi connectivity index (χ3n) is 4.30. The SMILES string of the molecule is NC1CCCN(C(=O)C2(c3ccc(Cl)cc3)CC2)C1. The van der Waals surface area contributed by atoms with Gasteiger partial charge in [-0.15, -0.1) is 0 Å². The summed E-state index contributed by atoms with van der Waals surface area (Å²) in [7, 11) is 0. The molecule has 2 fully saturated rings. The first-order chi connectivity index (χ1) is 9.12. The smallest absolute Gasteiger partial charge is 0.233 e. The van der Waals surface area contributed by atoms with Crippen LogP contribution in [0.3, 0.4) is 0 Å². The zero-order valence-corrected chi connectivity index (χ0v) is 11.7. The molecule has 1 aliphatic carbocycles. The topological polar surface area (TPSA) is 46.3 Å². The second-order valence-corrected chi connectivity index (χ2v) is 6.18. The summed E-state index contributed by atoms with van der Waals surface area (Å²) in [6, 6.07) is 7.84. The Labute approximate surface area is 118 Å². The van der Waals surface area contributed by atoms with Crippen molar-refractivity contribution in [2.24, 2.45) is 5.73 Å². The maximum Gasteiger partial charge on any atom is 0.233 e. The van der Waals surface area contributed by atoms with Gasteiger partial charge in [-0.1, -0.05) is 23.7 Å². The highest BCUT2D eigenvalue weighted by Gasteiger charge is 2.53. The van der Waals surface area contributed by atoms with Crippen molar-refractivity contribution in [2.75, 3.05) is 13.1 Å². The second kappa shape index (κ2) is 4.80. The molecule has 0 spiro atoms. The van der Waals surface area contributed by atoms with Gasteiger partial charge in [-0.3, -0.25) is 4.79 Å². The molecule has 1 heterocycles. The van der Waals surface area contributed by atoms with Crippen LogP contribution in [0, 0.1) is 0 Å². The number of carbonyl (C=O) groups is 1. The average Bonchev–Trinajstić information content (AvgIpc) is 3.20. The number of amides is 1. The zero-order chi connectivity index (χ0) is 13.5. The molecule has 1 unspecified atom stereocenters. The summed E-state index contributed by atoms with van der Waals surface area (Å²) < 4.78 is 0. The highest BCUT2D eigenvalue weighted by atomic mass is 35.5. The quantitative estimate of drug-likeness (QED) is 0.902. The Bertz CT molecular complexity index is 481. The van der Waals surface area contributed by atoms with E-state index in [0.717, 1.165) is 37.8 Å². The summed E-state index contributed by atoms with van der Waals surface area (Å²) >= 11 is 5.92. The van der Waals surface area contributed by atoms with Crippen molar-refractivity contribution in [3.63, 3.8) is 0 Å². The molecule has 19 heavy (non-hydrogen) atoms. The van der Waals surface area contributed by atoms with Gasteiger partial charge in [0.25, 0.3) is 0 Å². The Morgan fingerprint density at radius 2 is 2.00 bits per heavy atom.